The molecule has 0 amide bonds. The number of ether oxygens (including phenoxy) is 1. The SMILES string of the molecule is Fc1cccc(COc2ccc(CNCc3ncco3)cc2)c1. The van der Waals surface area contributed by atoms with E-state index in [2.05, 4.69) is 10.3 Å². The van der Waals surface area contributed by atoms with Gasteiger partial charge in [-0.2, -0.15) is 0 Å². The molecule has 4 nitrogen and oxygen atoms in total. The number of hydrogen-bond acceptors (Lipinski definition) is 4. The van der Waals surface area contributed by atoms with Crippen molar-refractivity contribution in [1.29, 1.82) is 0 Å². The van der Waals surface area contributed by atoms with E-state index < -0.39 is 0 Å². The summed E-state index contributed by atoms with van der Waals surface area (Å²) in [6, 6.07) is 14.2. The molecular weight excluding hydrogens is 295 g/mol. The van der Waals surface area contributed by atoms with E-state index in [1.807, 2.05) is 30.3 Å². The second kappa shape index (κ2) is 7.56. The highest BCUT2D eigenvalue weighted by molar-refractivity contribution is 5.27. The van der Waals surface area contributed by atoms with Crippen LogP contribution in [-0.4, -0.2) is 4.98 Å². The Morgan fingerprint density at radius 3 is 2.65 bits per heavy atom. The van der Waals surface area contributed by atoms with Crippen molar-refractivity contribution in [2.45, 2.75) is 19.7 Å². The maximum absolute atomic E-state index is 13.1. The fraction of sp³-hybridized carbons (Fsp3) is 0.167. The fourth-order valence-electron chi connectivity index (χ4n) is 2.15. The molecule has 0 saturated heterocycles. The number of benzene rings is 2. The third-order valence-electron chi connectivity index (χ3n) is 3.31. The van der Waals surface area contributed by atoms with Gasteiger partial charge in [-0.05, 0) is 35.4 Å². The monoisotopic (exact) mass is 312 g/mol. The zero-order valence-corrected chi connectivity index (χ0v) is 12.5. The Balaban J connectivity index is 1.47. The first-order valence-corrected chi connectivity index (χ1v) is 7.35. The molecule has 0 radical (unpaired) electrons. The molecule has 3 rings (SSSR count). The van der Waals surface area contributed by atoms with E-state index in [1.54, 1.807) is 18.5 Å². The summed E-state index contributed by atoms with van der Waals surface area (Å²) in [5.74, 6) is 1.17. The molecule has 1 heterocycles. The zero-order valence-electron chi connectivity index (χ0n) is 12.5. The number of oxazole rings is 1. The molecule has 0 atom stereocenters. The topological polar surface area (TPSA) is 47.3 Å². The van der Waals surface area contributed by atoms with Crippen LogP contribution in [0.15, 0.2) is 65.4 Å². The van der Waals surface area contributed by atoms with Crippen LogP contribution in [0, 0.1) is 5.82 Å². The molecule has 0 aliphatic rings. The van der Waals surface area contributed by atoms with Gasteiger partial charge in [-0.1, -0.05) is 24.3 Å². The van der Waals surface area contributed by atoms with Crippen LogP contribution in [0.5, 0.6) is 5.75 Å². The summed E-state index contributed by atoms with van der Waals surface area (Å²) in [6.07, 6.45) is 3.18. The minimum atomic E-state index is -0.251. The molecule has 1 N–H and O–H groups in total. The molecule has 0 bridgehead atoms. The van der Waals surface area contributed by atoms with E-state index in [1.165, 1.54) is 12.1 Å². The van der Waals surface area contributed by atoms with Crippen molar-refractivity contribution >= 4 is 0 Å². The molecule has 0 spiro atoms. The van der Waals surface area contributed by atoms with E-state index in [-0.39, 0.29) is 5.82 Å². The highest BCUT2D eigenvalue weighted by Crippen LogP contribution is 2.15. The third-order valence-corrected chi connectivity index (χ3v) is 3.31. The molecule has 3 aromatic rings. The lowest BCUT2D eigenvalue weighted by molar-refractivity contribution is 0.305. The number of rotatable bonds is 7. The lowest BCUT2D eigenvalue weighted by atomic mass is 10.2. The predicted molar refractivity (Wildman–Crippen MR) is 84.2 cm³/mol. The quantitative estimate of drug-likeness (QED) is 0.723. The van der Waals surface area contributed by atoms with Gasteiger partial charge in [0, 0.05) is 6.54 Å². The zero-order chi connectivity index (χ0) is 15.9. The Kier molecular flexibility index (Phi) is 5.01. The molecule has 0 aliphatic heterocycles. The molecule has 23 heavy (non-hydrogen) atoms. The van der Waals surface area contributed by atoms with Crippen molar-refractivity contribution in [3.05, 3.63) is 83.8 Å². The van der Waals surface area contributed by atoms with Gasteiger partial charge in [-0.15, -0.1) is 0 Å². The number of hydrogen-bond donors (Lipinski definition) is 1. The van der Waals surface area contributed by atoms with E-state index in [0.29, 0.717) is 25.6 Å². The van der Waals surface area contributed by atoms with Gasteiger partial charge < -0.3 is 14.5 Å². The van der Waals surface area contributed by atoms with Crippen LogP contribution in [0.25, 0.3) is 0 Å². The molecule has 5 heteroatoms. The summed E-state index contributed by atoms with van der Waals surface area (Å²) in [7, 11) is 0. The van der Waals surface area contributed by atoms with Crippen LogP contribution in [0.2, 0.25) is 0 Å². The normalized spacial score (nSPS) is 10.7. The Morgan fingerprint density at radius 1 is 1.04 bits per heavy atom. The van der Waals surface area contributed by atoms with E-state index >= 15 is 0 Å². The Bertz CT molecular complexity index is 727. The van der Waals surface area contributed by atoms with Gasteiger partial charge in [0.05, 0.1) is 12.7 Å². The molecule has 0 unspecified atom stereocenters. The molecule has 0 saturated carbocycles. The van der Waals surface area contributed by atoms with Gasteiger partial charge in [0.15, 0.2) is 0 Å². The highest BCUT2D eigenvalue weighted by atomic mass is 19.1. The second-order valence-electron chi connectivity index (χ2n) is 5.09. The summed E-state index contributed by atoms with van der Waals surface area (Å²) in [4.78, 5) is 4.04. The summed E-state index contributed by atoms with van der Waals surface area (Å²) in [5, 5.41) is 3.25. The van der Waals surface area contributed by atoms with Crippen molar-refractivity contribution in [3.63, 3.8) is 0 Å². The summed E-state index contributed by atoms with van der Waals surface area (Å²) < 4.78 is 23.9. The minimum absolute atomic E-state index is 0.251. The number of nitrogens with zero attached hydrogens (tertiary/aromatic N) is 1. The summed E-state index contributed by atoms with van der Waals surface area (Å²) >= 11 is 0. The number of halogens is 1. The molecule has 118 valence electrons. The first-order chi connectivity index (χ1) is 11.3. The summed E-state index contributed by atoms with van der Waals surface area (Å²) in [6.45, 7) is 1.65. The van der Waals surface area contributed by atoms with Crippen molar-refractivity contribution in [1.82, 2.24) is 10.3 Å². The van der Waals surface area contributed by atoms with Crippen LogP contribution in [0.3, 0.4) is 0 Å². The lowest BCUT2D eigenvalue weighted by Crippen LogP contribution is -2.12. The first-order valence-electron chi connectivity index (χ1n) is 7.35. The predicted octanol–water partition coefficient (Wildman–Crippen LogP) is 3.68. The maximum atomic E-state index is 13.1. The van der Waals surface area contributed by atoms with Crippen molar-refractivity contribution < 1.29 is 13.5 Å². The summed E-state index contributed by atoms with van der Waals surface area (Å²) in [5.41, 5.74) is 1.94. The molecular formula is C18H17FN2O2. The Hall–Kier alpha value is -2.66. The largest absolute Gasteiger partial charge is 0.489 e. The van der Waals surface area contributed by atoms with Gasteiger partial charge in [0.25, 0.3) is 0 Å². The molecule has 2 aromatic carbocycles. The molecule has 1 aromatic heterocycles. The number of aromatic nitrogens is 1. The van der Waals surface area contributed by atoms with Crippen molar-refractivity contribution in [3.8, 4) is 5.75 Å². The average Bonchev–Trinajstić information content (AvgIpc) is 3.08. The molecule has 0 fully saturated rings. The van der Waals surface area contributed by atoms with Gasteiger partial charge >= 0.3 is 0 Å². The minimum Gasteiger partial charge on any atom is -0.489 e. The number of nitrogens with one attached hydrogen (secondary N) is 1. The fourth-order valence-corrected chi connectivity index (χ4v) is 2.15. The van der Waals surface area contributed by atoms with Gasteiger partial charge in [0.1, 0.15) is 24.4 Å². The average molecular weight is 312 g/mol. The smallest absolute Gasteiger partial charge is 0.207 e. The van der Waals surface area contributed by atoms with E-state index in [4.69, 9.17) is 9.15 Å². The van der Waals surface area contributed by atoms with Crippen LogP contribution in [0.1, 0.15) is 17.0 Å². The third kappa shape index (κ3) is 4.66. The second-order valence-corrected chi connectivity index (χ2v) is 5.09. The van der Waals surface area contributed by atoms with Gasteiger partial charge in [0.2, 0.25) is 5.89 Å². The van der Waals surface area contributed by atoms with Crippen molar-refractivity contribution in [2.75, 3.05) is 0 Å². The Morgan fingerprint density at radius 2 is 1.91 bits per heavy atom. The maximum Gasteiger partial charge on any atom is 0.207 e. The highest BCUT2D eigenvalue weighted by Gasteiger charge is 2.00. The van der Waals surface area contributed by atoms with Crippen LogP contribution < -0.4 is 10.1 Å². The van der Waals surface area contributed by atoms with Gasteiger partial charge in [-0.3, -0.25) is 0 Å². The van der Waals surface area contributed by atoms with Gasteiger partial charge in [-0.25, -0.2) is 9.37 Å². The van der Waals surface area contributed by atoms with E-state index in [0.717, 1.165) is 16.9 Å². The molecule has 0 aliphatic carbocycles. The Labute approximate surface area is 133 Å². The van der Waals surface area contributed by atoms with E-state index in [9.17, 15) is 4.39 Å². The van der Waals surface area contributed by atoms with Crippen LogP contribution >= 0.6 is 0 Å². The standard InChI is InChI=1S/C18H17FN2O2/c19-16-3-1-2-15(10-16)13-23-17-6-4-14(5-7-17)11-20-12-18-21-8-9-22-18/h1-10,20H,11-13H2. The van der Waals surface area contributed by atoms with Crippen LogP contribution in [0.4, 0.5) is 4.39 Å². The van der Waals surface area contributed by atoms with Crippen molar-refractivity contribution in [2.24, 2.45) is 0 Å². The van der Waals surface area contributed by atoms with Crippen LogP contribution in [-0.2, 0) is 19.7 Å². The lowest BCUT2D eigenvalue weighted by Gasteiger charge is -2.08. The first kappa shape index (κ1) is 15.2.